The summed E-state index contributed by atoms with van der Waals surface area (Å²) < 4.78 is 16.3. The first-order chi connectivity index (χ1) is 9.13. The van der Waals surface area contributed by atoms with Gasteiger partial charge in [0.2, 0.25) is 0 Å². The van der Waals surface area contributed by atoms with Crippen molar-refractivity contribution in [3.05, 3.63) is 0 Å². The van der Waals surface area contributed by atoms with Crippen LogP contribution in [-0.2, 0) is 13.6 Å². The zero-order valence-corrected chi connectivity index (χ0v) is 11.6. The van der Waals surface area contributed by atoms with Gasteiger partial charge in [-0.05, 0) is 12.8 Å². The van der Waals surface area contributed by atoms with E-state index in [2.05, 4.69) is 0 Å². The second kappa shape index (κ2) is 6.28. The lowest BCUT2D eigenvalue weighted by molar-refractivity contribution is -0.148. The Labute approximate surface area is 113 Å². The lowest BCUT2D eigenvalue weighted by Gasteiger charge is -2.49. The van der Waals surface area contributed by atoms with Crippen molar-refractivity contribution >= 4 is 8.60 Å². The second-order valence-electron chi connectivity index (χ2n) is 5.40. The zero-order valence-electron chi connectivity index (χ0n) is 10.7. The lowest BCUT2D eigenvalue weighted by Crippen LogP contribution is -2.53. The van der Waals surface area contributed by atoms with Crippen LogP contribution in [-0.4, -0.2) is 66.2 Å². The van der Waals surface area contributed by atoms with Gasteiger partial charge in [-0.1, -0.05) is 0 Å². The minimum Gasteiger partial charge on any atom is -0.396 e. The summed E-state index contributed by atoms with van der Waals surface area (Å²) in [5.41, 5.74) is -1.49. The smallest absolute Gasteiger partial charge is 0.332 e. The van der Waals surface area contributed by atoms with E-state index in [1.807, 2.05) is 0 Å². The second-order valence-corrected chi connectivity index (χ2v) is 6.57. The van der Waals surface area contributed by atoms with Crippen molar-refractivity contribution in [3.8, 4) is 0 Å². The first-order valence-corrected chi connectivity index (χ1v) is 7.39. The van der Waals surface area contributed by atoms with Crippen molar-refractivity contribution in [1.29, 1.82) is 0 Å². The van der Waals surface area contributed by atoms with Gasteiger partial charge in [0.1, 0.15) is 0 Å². The number of hydrogen-bond donors (Lipinski definition) is 4. The van der Waals surface area contributed by atoms with E-state index in [4.69, 9.17) is 13.6 Å². The molecule has 0 saturated carbocycles. The van der Waals surface area contributed by atoms with Crippen LogP contribution in [0.3, 0.4) is 0 Å². The molecule has 0 spiro atoms. The maximum absolute atomic E-state index is 9.56. The van der Waals surface area contributed by atoms with Crippen molar-refractivity contribution in [2.24, 2.45) is 10.8 Å². The molecule has 0 aliphatic carbocycles. The van der Waals surface area contributed by atoms with Gasteiger partial charge in [-0.2, -0.15) is 0 Å². The quantitative estimate of drug-likeness (QED) is 0.464. The summed E-state index contributed by atoms with van der Waals surface area (Å²) in [7, 11) is -1.34. The first-order valence-electron chi connectivity index (χ1n) is 6.30. The molecule has 2 bridgehead atoms. The van der Waals surface area contributed by atoms with Crippen LogP contribution in [0.5, 0.6) is 0 Å². The maximum atomic E-state index is 9.56. The molecular weight excluding hydrogens is 275 g/mol. The summed E-state index contributed by atoms with van der Waals surface area (Å²) in [4.78, 5) is 0. The van der Waals surface area contributed by atoms with E-state index in [1.54, 1.807) is 0 Å². The van der Waals surface area contributed by atoms with Crippen molar-refractivity contribution in [1.82, 2.24) is 0 Å². The van der Waals surface area contributed by atoms with Crippen LogP contribution >= 0.6 is 8.60 Å². The Morgan fingerprint density at radius 3 is 2.11 bits per heavy atom. The van der Waals surface area contributed by atoms with Crippen LogP contribution in [0.2, 0.25) is 0 Å². The van der Waals surface area contributed by atoms with E-state index in [0.29, 0.717) is 26.1 Å². The molecule has 0 aromatic rings. The van der Waals surface area contributed by atoms with Crippen LogP contribution in [0.15, 0.2) is 0 Å². The highest BCUT2D eigenvalue weighted by molar-refractivity contribution is 7.41. The SMILES string of the molecule is OCC(CO)(CO)CCC1OP2OCC1(CO)CO2. The molecule has 3 fully saturated rings. The fraction of sp³-hybridized carbons (Fsp3) is 1.00. The summed E-state index contributed by atoms with van der Waals surface area (Å²) in [6.45, 7) is -0.193. The van der Waals surface area contributed by atoms with Gasteiger partial charge in [0.25, 0.3) is 0 Å². The third-order valence-corrected chi connectivity index (χ3v) is 5.18. The van der Waals surface area contributed by atoms with E-state index < -0.39 is 19.4 Å². The molecule has 7 nitrogen and oxygen atoms in total. The van der Waals surface area contributed by atoms with Gasteiger partial charge in [0.15, 0.2) is 0 Å². The Bertz CT molecular complexity index is 281. The number of aliphatic hydroxyl groups excluding tert-OH is 4. The summed E-state index contributed by atoms with van der Waals surface area (Å²) in [6.07, 6.45) is 0.690. The molecule has 3 aliphatic rings. The van der Waals surface area contributed by atoms with Gasteiger partial charge in [-0.25, -0.2) is 0 Å². The maximum Gasteiger partial charge on any atom is 0.332 e. The number of rotatable bonds is 7. The molecule has 3 aliphatic heterocycles. The minimum absolute atomic E-state index is 0.106. The first kappa shape index (κ1) is 15.5. The fourth-order valence-electron chi connectivity index (χ4n) is 2.28. The third-order valence-electron chi connectivity index (χ3n) is 4.07. The Kier molecular flexibility index (Phi) is 5.14. The highest BCUT2D eigenvalue weighted by Crippen LogP contribution is 2.57. The van der Waals surface area contributed by atoms with Crippen LogP contribution in [0.1, 0.15) is 12.8 Å². The summed E-state index contributed by atoms with van der Waals surface area (Å²) >= 11 is 0. The summed E-state index contributed by atoms with van der Waals surface area (Å²) in [5.74, 6) is 0. The van der Waals surface area contributed by atoms with Crippen LogP contribution in [0.4, 0.5) is 0 Å². The highest BCUT2D eigenvalue weighted by atomic mass is 31.2. The van der Waals surface area contributed by atoms with E-state index >= 15 is 0 Å². The normalized spacial score (nSPS) is 34.7. The van der Waals surface area contributed by atoms with Crippen LogP contribution < -0.4 is 0 Å². The van der Waals surface area contributed by atoms with Gasteiger partial charge in [0, 0.05) is 5.41 Å². The molecule has 3 saturated heterocycles. The van der Waals surface area contributed by atoms with Crippen LogP contribution in [0.25, 0.3) is 0 Å². The molecule has 0 aromatic carbocycles. The van der Waals surface area contributed by atoms with Gasteiger partial charge < -0.3 is 34.0 Å². The Morgan fingerprint density at radius 2 is 1.63 bits per heavy atom. The molecule has 3 rings (SSSR count). The molecule has 1 unspecified atom stereocenters. The molecule has 0 radical (unpaired) electrons. The summed E-state index contributed by atoms with van der Waals surface area (Å²) in [6, 6.07) is 0. The molecule has 1 atom stereocenters. The topological polar surface area (TPSA) is 109 Å². The number of hydrogen-bond acceptors (Lipinski definition) is 7. The molecule has 19 heavy (non-hydrogen) atoms. The van der Waals surface area contributed by atoms with Crippen molar-refractivity contribution < 1.29 is 34.0 Å². The van der Waals surface area contributed by atoms with Crippen molar-refractivity contribution in [3.63, 3.8) is 0 Å². The summed E-state index contributed by atoms with van der Waals surface area (Å²) in [5, 5.41) is 37.5. The Morgan fingerprint density at radius 1 is 1.05 bits per heavy atom. The van der Waals surface area contributed by atoms with Crippen molar-refractivity contribution in [2.75, 3.05) is 39.6 Å². The fourth-order valence-corrected chi connectivity index (χ4v) is 3.74. The molecular formula is C11H21O7P. The average molecular weight is 296 g/mol. The molecule has 0 aromatic heterocycles. The van der Waals surface area contributed by atoms with Crippen LogP contribution in [0, 0.1) is 10.8 Å². The minimum atomic E-state index is -1.34. The van der Waals surface area contributed by atoms with Gasteiger partial charge in [-0.15, -0.1) is 0 Å². The predicted octanol–water partition coefficient (Wildman–Crippen LogP) is -0.619. The molecule has 3 heterocycles. The number of fused-ring (bicyclic) bond motifs is 3. The molecule has 0 amide bonds. The molecule has 8 heteroatoms. The third kappa shape index (κ3) is 2.94. The van der Waals surface area contributed by atoms with E-state index in [-0.39, 0.29) is 32.5 Å². The van der Waals surface area contributed by atoms with Gasteiger partial charge >= 0.3 is 8.60 Å². The largest absolute Gasteiger partial charge is 0.396 e. The Hall–Kier alpha value is 0.150. The van der Waals surface area contributed by atoms with E-state index in [9.17, 15) is 20.4 Å². The van der Waals surface area contributed by atoms with Gasteiger partial charge in [-0.3, -0.25) is 0 Å². The molecule has 112 valence electrons. The highest BCUT2D eigenvalue weighted by Gasteiger charge is 2.52. The van der Waals surface area contributed by atoms with E-state index in [1.165, 1.54) is 0 Å². The standard InChI is InChI=1S/C11H21O7P/c12-3-10(4-13,5-14)2-1-9-11(6-15)7-16-19(18-9)17-8-11/h9,12-15H,1-8H2. The molecule has 4 N–H and O–H groups in total. The van der Waals surface area contributed by atoms with E-state index in [0.717, 1.165) is 0 Å². The van der Waals surface area contributed by atoms with Gasteiger partial charge in [0.05, 0.1) is 51.2 Å². The zero-order chi connectivity index (χ0) is 13.9. The Balaban J connectivity index is 1.98. The van der Waals surface area contributed by atoms with Crippen molar-refractivity contribution in [2.45, 2.75) is 18.9 Å². The average Bonchev–Trinajstić information content (AvgIpc) is 2.50. The predicted molar refractivity (Wildman–Crippen MR) is 66.1 cm³/mol. The lowest BCUT2D eigenvalue weighted by atomic mass is 9.77. The number of aliphatic hydroxyl groups is 4. The monoisotopic (exact) mass is 296 g/mol.